The van der Waals surface area contributed by atoms with Crippen LogP contribution < -0.4 is 5.73 Å². The van der Waals surface area contributed by atoms with E-state index >= 15 is 0 Å². The van der Waals surface area contributed by atoms with Crippen LogP contribution in [-0.2, 0) is 0 Å². The van der Waals surface area contributed by atoms with Gasteiger partial charge in [-0.3, -0.25) is 4.79 Å². The van der Waals surface area contributed by atoms with E-state index in [0.717, 1.165) is 0 Å². The minimum atomic E-state index is -0.502. The highest BCUT2D eigenvalue weighted by Gasteiger charge is 2.32. The zero-order valence-electron chi connectivity index (χ0n) is 9.49. The molecule has 1 amide bonds. The number of hydrogen-bond acceptors (Lipinski definition) is 2. The molecule has 1 aliphatic rings. The number of carbonyl (C=O) groups excluding carboxylic acids is 1. The molecule has 0 aromatic heterocycles. The minimum absolute atomic E-state index is 0.0236. The van der Waals surface area contributed by atoms with Gasteiger partial charge in [0.25, 0.3) is 5.91 Å². The number of halogens is 2. The zero-order chi connectivity index (χ0) is 12.6. The van der Waals surface area contributed by atoms with E-state index in [1.165, 1.54) is 6.07 Å². The maximum atomic E-state index is 13.6. The average molecular weight is 301 g/mol. The lowest BCUT2D eigenvalue weighted by Gasteiger charge is -2.17. The molecule has 1 aromatic carbocycles. The number of rotatable bonds is 1. The van der Waals surface area contributed by atoms with Crippen molar-refractivity contribution in [2.24, 2.45) is 11.7 Å². The average Bonchev–Trinajstić information content (AvgIpc) is 2.59. The standard InChI is InChI=1S/C12H14BrFN2O/c1-7-5-16(6-10(7)15)12(17)11-8(13)3-2-4-9(11)14/h2-4,7,10H,5-6,15H2,1H3. The Kier molecular flexibility index (Phi) is 3.49. The van der Waals surface area contributed by atoms with Gasteiger partial charge in [0.1, 0.15) is 5.82 Å². The second-order valence-corrected chi connectivity index (χ2v) is 5.30. The smallest absolute Gasteiger partial charge is 0.258 e. The van der Waals surface area contributed by atoms with Crippen LogP contribution in [0.1, 0.15) is 17.3 Å². The summed E-state index contributed by atoms with van der Waals surface area (Å²) in [4.78, 5) is 13.8. The topological polar surface area (TPSA) is 46.3 Å². The first-order chi connectivity index (χ1) is 8.00. The lowest BCUT2D eigenvalue weighted by Crippen LogP contribution is -2.32. The maximum absolute atomic E-state index is 13.6. The van der Waals surface area contributed by atoms with Crippen molar-refractivity contribution in [3.05, 3.63) is 34.1 Å². The molecule has 2 unspecified atom stereocenters. The zero-order valence-corrected chi connectivity index (χ0v) is 11.1. The van der Waals surface area contributed by atoms with Gasteiger partial charge in [0.05, 0.1) is 5.56 Å². The van der Waals surface area contributed by atoms with Crippen molar-refractivity contribution in [1.29, 1.82) is 0 Å². The van der Waals surface area contributed by atoms with Gasteiger partial charge in [0.2, 0.25) is 0 Å². The highest BCUT2D eigenvalue weighted by atomic mass is 79.9. The van der Waals surface area contributed by atoms with Gasteiger partial charge in [0, 0.05) is 23.6 Å². The number of nitrogens with two attached hydrogens (primary N) is 1. The molecule has 1 aliphatic heterocycles. The minimum Gasteiger partial charge on any atom is -0.337 e. The van der Waals surface area contributed by atoms with Crippen LogP contribution in [0.25, 0.3) is 0 Å². The first-order valence-electron chi connectivity index (χ1n) is 5.49. The summed E-state index contributed by atoms with van der Waals surface area (Å²) in [5, 5.41) is 0. The van der Waals surface area contributed by atoms with Crippen molar-refractivity contribution >= 4 is 21.8 Å². The molecular formula is C12H14BrFN2O. The van der Waals surface area contributed by atoms with Crippen LogP contribution in [0.5, 0.6) is 0 Å². The van der Waals surface area contributed by atoms with E-state index in [2.05, 4.69) is 15.9 Å². The van der Waals surface area contributed by atoms with E-state index in [-0.39, 0.29) is 23.4 Å². The van der Waals surface area contributed by atoms with Crippen molar-refractivity contribution in [3.63, 3.8) is 0 Å². The van der Waals surface area contributed by atoms with E-state index in [1.807, 2.05) is 6.92 Å². The van der Waals surface area contributed by atoms with Crippen molar-refractivity contribution < 1.29 is 9.18 Å². The molecular weight excluding hydrogens is 287 g/mol. The maximum Gasteiger partial charge on any atom is 0.258 e. The SMILES string of the molecule is CC1CN(C(=O)c2c(F)cccc2Br)CC1N. The summed E-state index contributed by atoms with van der Waals surface area (Å²) in [6.45, 7) is 3.07. The molecule has 0 spiro atoms. The highest BCUT2D eigenvalue weighted by Crippen LogP contribution is 2.24. The summed E-state index contributed by atoms with van der Waals surface area (Å²) in [5.74, 6) is -0.545. The van der Waals surface area contributed by atoms with Crippen LogP contribution >= 0.6 is 15.9 Å². The molecule has 1 aromatic rings. The Morgan fingerprint density at radius 2 is 2.24 bits per heavy atom. The van der Waals surface area contributed by atoms with E-state index in [1.54, 1.807) is 17.0 Å². The predicted molar refractivity (Wildman–Crippen MR) is 67.1 cm³/mol. The molecule has 92 valence electrons. The molecule has 5 heteroatoms. The molecule has 2 rings (SSSR count). The summed E-state index contributed by atoms with van der Waals surface area (Å²) >= 11 is 3.21. The third-order valence-corrected chi connectivity index (χ3v) is 3.80. The predicted octanol–water partition coefficient (Wildman–Crippen LogP) is 2.01. The Bertz CT molecular complexity index is 422. The lowest BCUT2D eigenvalue weighted by molar-refractivity contribution is 0.0781. The summed E-state index contributed by atoms with van der Waals surface area (Å²) in [6, 6.07) is 4.49. The Morgan fingerprint density at radius 1 is 1.53 bits per heavy atom. The van der Waals surface area contributed by atoms with Crippen LogP contribution in [-0.4, -0.2) is 29.9 Å². The fraction of sp³-hybridized carbons (Fsp3) is 0.417. The third kappa shape index (κ3) is 2.35. The van der Waals surface area contributed by atoms with E-state index in [0.29, 0.717) is 17.6 Å². The monoisotopic (exact) mass is 300 g/mol. The fourth-order valence-corrected chi connectivity index (χ4v) is 2.53. The van der Waals surface area contributed by atoms with Gasteiger partial charge in [-0.25, -0.2) is 4.39 Å². The molecule has 0 saturated carbocycles. The summed E-state index contributed by atoms with van der Waals surface area (Å²) in [7, 11) is 0. The number of amides is 1. The molecule has 17 heavy (non-hydrogen) atoms. The third-order valence-electron chi connectivity index (χ3n) is 3.13. The van der Waals surface area contributed by atoms with Gasteiger partial charge < -0.3 is 10.6 Å². The van der Waals surface area contributed by atoms with Crippen molar-refractivity contribution in [2.45, 2.75) is 13.0 Å². The number of nitrogens with zero attached hydrogens (tertiary/aromatic N) is 1. The second-order valence-electron chi connectivity index (χ2n) is 4.45. The Morgan fingerprint density at radius 3 is 2.76 bits per heavy atom. The van der Waals surface area contributed by atoms with Gasteiger partial charge in [-0.1, -0.05) is 13.0 Å². The summed E-state index contributed by atoms with van der Waals surface area (Å²) in [6.07, 6.45) is 0. The van der Waals surface area contributed by atoms with Crippen molar-refractivity contribution in [2.75, 3.05) is 13.1 Å². The Hall–Kier alpha value is -0.940. The number of carbonyl (C=O) groups is 1. The molecule has 0 aliphatic carbocycles. The van der Waals surface area contributed by atoms with E-state index < -0.39 is 5.82 Å². The lowest BCUT2D eigenvalue weighted by atomic mass is 10.1. The largest absolute Gasteiger partial charge is 0.337 e. The molecule has 2 N–H and O–H groups in total. The van der Waals surface area contributed by atoms with Crippen LogP contribution in [0.15, 0.2) is 22.7 Å². The molecule has 3 nitrogen and oxygen atoms in total. The van der Waals surface area contributed by atoms with Gasteiger partial charge in [0.15, 0.2) is 0 Å². The second kappa shape index (κ2) is 4.74. The summed E-state index contributed by atoms with van der Waals surface area (Å²) in [5.41, 5.74) is 5.95. The number of hydrogen-bond donors (Lipinski definition) is 1. The van der Waals surface area contributed by atoms with Crippen LogP contribution in [0.3, 0.4) is 0 Å². The quantitative estimate of drug-likeness (QED) is 0.862. The molecule has 0 bridgehead atoms. The fourth-order valence-electron chi connectivity index (χ4n) is 2.02. The van der Waals surface area contributed by atoms with Crippen molar-refractivity contribution in [1.82, 2.24) is 4.90 Å². The van der Waals surface area contributed by atoms with Gasteiger partial charge in [-0.05, 0) is 34.0 Å². The van der Waals surface area contributed by atoms with Gasteiger partial charge in [-0.2, -0.15) is 0 Å². The first kappa shape index (κ1) is 12.5. The molecule has 1 saturated heterocycles. The van der Waals surface area contributed by atoms with Crippen LogP contribution in [0.2, 0.25) is 0 Å². The number of benzene rings is 1. The number of likely N-dealkylation sites (tertiary alicyclic amines) is 1. The van der Waals surface area contributed by atoms with Gasteiger partial charge >= 0.3 is 0 Å². The normalized spacial score (nSPS) is 24.1. The van der Waals surface area contributed by atoms with Crippen LogP contribution in [0.4, 0.5) is 4.39 Å². The molecule has 1 fully saturated rings. The molecule has 0 radical (unpaired) electrons. The Labute approximate surface area is 108 Å². The van der Waals surface area contributed by atoms with E-state index in [4.69, 9.17) is 5.73 Å². The van der Waals surface area contributed by atoms with E-state index in [9.17, 15) is 9.18 Å². The Balaban J connectivity index is 2.27. The first-order valence-corrected chi connectivity index (χ1v) is 6.29. The van der Waals surface area contributed by atoms with Crippen LogP contribution in [0, 0.1) is 11.7 Å². The molecule has 2 atom stereocenters. The summed E-state index contributed by atoms with van der Waals surface area (Å²) < 4.78 is 14.1. The van der Waals surface area contributed by atoms with Gasteiger partial charge in [-0.15, -0.1) is 0 Å². The van der Waals surface area contributed by atoms with Crippen molar-refractivity contribution in [3.8, 4) is 0 Å². The highest BCUT2D eigenvalue weighted by molar-refractivity contribution is 9.10. The molecule has 1 heterocycles.